The minimum absolute atomic E-state index is 0.144. The molecule has 0 fully saturated rings. The topological polar surface area (TPSA) is 25.2 Å². The molecule has 0 N–H and O–H groups in total. The Morgan fingerprint density at radius 1 is 1.10 bits per heavy atom. The first-order valence-corrected chi connectivity index (χ1v) is 8.64. The van der Waals surface area contributed by atoms with Gasteiger partial charge in [0.05, 0.1) is 5.69 Å². The van der Waals surface area contributed by atoms with Crippen molar-refractivity contribution in [1.29, 1.82) is 0 Å². The average Bonchev–Trinajstić information content (AvgIpc) is 3.24. The number of aromatic nitrogens is 1. The third-order valence-electron chi connectivity index (χ3n) is 3.82. The predicted molar refractivity (Wildman–Crippen MR) is 86.4 cm³/mol. The molecule has 0 saturated heterocycles. The van der Waals surface area contributed by atoms with Crippen LogP contribution < -0.4 is 0 Å². The molecule has 1 aliphatic heterocycles. The zero-order chi connectivity index (χ0) is 14.2. The van der Waals surface area contributed by atoms with Crippen molar-refractivity contribution < 1.29 is 4.79 Å². The van der Waals surface area contributed by atoms with E-state index in [4.69, 9.17) is 0 Å². The van der Waals surface area contributed by atoms with Gasteiger partial charge in [0.1, 0.15) is 4.88 Å². The third kappa shape index (κ3) is 2.22. The average molecular weight is 314 g/mol. The molecule has 0 bridgehead atoms. The summed E-state index contributed by atoms with van der Waals surface area (Å²) in [4.78, 5) is 17.1. The number of amides is 1. The van der Waals surface area contributed by atoms with Crippen molar-refractivity contribution in [1.82, 2.24) is 9.47 Å². The Hall–Kier alpha value is -1.85. The molecule has 5 heteroatoms. The van der Waals surface area contributed by atoms with E-state index >= 15 is 0 Å². The first kappa shape index (κ1) is 12.9. The van der Waals surface area contributed by atoms with E-state index in [1.807, 2.05) is 45.4 Å². The Balaban J connectivity index is 1.63. The van der Waals surface area contributed by atoms with Crippen LogP contribution in [-0.2, 0) is 13.0 Å². The van der Waals surface area contributed by atoms with Crippen LogP contribution in [0.15, 0.2) is 47.4 Å². The highest BCUT2D eigenvalue weighted by Gasteiger charge is 2.25. The molecule has 0 atom stereocenters. The monoisotopic (exact) mass is 314 g/mol. The Bertz CT molecular complexity index is 770. The molecule has 1 aliphatic rings. The van der Waals surface area contributed by atoms with E-state index in [1.54, 1.807) is 11.3 Å². The van der Waals surface area contributed by atoms with E-state index in [9.17, 15) is 4.79 Å². The summed E-state index contributed by atoms with van der Waals surface area (Å²) in [6.07, 6.45) is 4.93. The second kappa shape index (κ2) is 5.16. The molecule has 0 radical (unpaired) electrons. The maximum Gasteiger partial charge on any atom is 0.266 e. The summed E-state index contributed by atoms with van der Waals surface area (Å²) >= 11 is 3.32. The Labute approximate surface area is 131 Å². The number of fused-ring (bicyclic) bond motifs is 1. The highest BCUT2D eigenvalue weighted by atomic mass is 32.1. The van der Waals surface area contributed by atoms with Gasteiger partial charge in [0.25, 0.3) is 5.91 Å². The molecule has 0 saturated carbocycles. The van der Waals surface area contributed by atoms with E-state index in [2.05, 4.69) is 11.4 Å². The van der Waals surface area contributed by atoms with E-state index < -0.39 is 0 Å². The summed E-state index contributed by atoms with van der Waals surface area (Å²) in [6, 6.07) is 8.10. The number of hydrogen-bond donors (Lipinski definition) is 0. The zero-order valence-corrected chi connectivity index (χ0v) is 13.0. The SMILES string of the molecule is O=C(c1sccc1-n1cccc1)N1CCc2sccc2C1. The quantitative estimate of drug-likeness (QED) is 0.706. The molecule has 4 heterocycles. The molecule has 0 spiro atoms. The van der Waals surface area contributed by atoms with Crippen LogP contribution in [0.5, 0.6) is 0 Å². The summed E-state index contributed by atoms with van der Waals surface area (Å²) in [5.74, 6) is 0.144. The van der Waals surface area contributed by atoms with Crippen LogP contribution in [0.3, 0.4) is 0 Å². The minimum Gasteiger partial charge on any atom is -0.333 e. The molecule has 3 aromatic heterocycles. The lowest BCUT2D eigenvalue weighted by molar-refractivity contribution is 0.0741. The number of rotatable bonds is 2. The van der Waals surface area contributed by atoms with Crippen LogP contribution in [0.25, 0.3) is 5.69 Å². The standard InChI is InChI=1S/C16H14N2OS2/c19-16(18-8-3-14-12(11-18)4-9-20-14)15-13(5-10-21-15)17-6-1-2-7-17/h1-2,4-7,9-10H,3,8,11H2. The van der Waals surface area contributed by atoms with Crippen LogP contribution in [0.1, 0.15) is 20.1 Å². The lowest BCUT2D eigenvalue weighted by atomic mass is 10.1. The molecule has 0 aliphatic carbocycles. The summed E-state index contributed by atoms with van der Waals surface area (Å²) in [5.41, 5.74) is 2.28. The molecule has 0 unspecified atom stereocenters. The molecule has 4 rings (SSSR count). The molecular weight excluding hydrogens is 300 g/mol. The molecule has 3 nitrogen and oxygen atoms in total. The number of nitrogens with zero attached hydrogens (tertiary/aromatic N) is 2. The van der Waals surface area contributed by atoms with Crippen molar-refractivity contribution in [3.05, 3.63) is 62.7 Å². The first-order valence-electron chi connectivity index (χ1n) is 6.88. The smallest absolute Gasteiger partial charge is 0.266 e. The van der Waals surface area contributed by atoms with Gasteiger partial charge in [0.2, 0.25) is 0 Å². The highest BCUT2D eigenvalue weighted by Crippen LogP contribution is 2.28. The number of carbonyl (C=O) groups excluding carboxylic acids is 1. The van der Waals surface area contributed by atoms with Crippen molar-refractivity contribution in [2.45, 2.75) is 13.0 Å². The van der Waals surface area contributed by atoms with Crippen molar-refractivity contribution in [3.8, 4) is 5.69 Å². The Morgan fingerprint density at radius 3 is 2.76 bits per heavy atom. The van der Waals surface area contributed by atoms with Gasteiger partial charge in [-0.3, -0.25) is 4.79 Å². The zero-order valence-electron chi connectivity index (χ0n) is 11.4. The largest absolute Gasteiger partial charge is 0.333 e. The van der Waals surface area contributed by atoms with Crippen LogP contribution in [0.2, 0.25) is 0 Å². The van der Waals surface area contributed by atoms with E-state index in [0.29, 0.717) is 0 Å². The van der Waals surface area contributed by atoms with Gasteiger partial charge in [0.15, 0.2) is 0 Å². The fourth-order valence-electron chi connectivity index (χ4n) is 2.73. The second-order valence-corrected chi connectivity index (χ2v) is 6.99. The van der Waals surface area contributed by atoms with Crippen molar-refractivity contribution in [3.63, 3.8) is 0 Å². The van der Waals surface area contributed by atoms with Crippen LogP contribution in [0, 0.1) is 0 Å². The minimum atomic E-state index is 0.144. The third-order valence-corrected chi connectivity index (χ3v) is 5.73. The molecule has 106 valence electrons. The Morgan fingerprint density at radius 2 is 1.90 bits per heavy atom. The van der Waals surface area contributed by atoms with Gasteiger partial charge in [-0.05, 0) is 47.0 Å². The van der Waals surface area contributed by atoms with Gasteiger partial charge in [0, 0.05) is 30.4 Å². The first-order chi connectivity index (χ1) is 10.3. The van der Waals surface area contributed by atoms with Crippen LogP contribution in [-0.4, -0.2) is 21.9 Å². The fourth-order valence-corrected chi connectivity index (χ4v) is 4.47. The van der Waals surface area contributed by atoms with Crippen LogP contribution in [0.4, 0.5) is 0 Å². The van der Waals surface area contributed by atoms with Crippen molar-refractivity contribution in [2.75, 3.05) is 6.54 Å². The van der Waals surface area contributed by atoms with Crippen molar-refractivity contribution >= 4 is 28.6 Å². The predicted octanol–water partition coefficient (Wildman–Crippen LogP) is 3.80. The number of carbonyl (C=O) groups is 1. The van der Waals surface area contributed by atoms with Gasteiger partial charge in [-0.2, -0.15) is 0 Å². The van der Waals surface area contributed by atoms with Gasteiger partial charge >= 0.3 is 0 Å². The fraction of sp³-hybridized carbons (Fsp3) is 0.188. The van der Waals surface area contributed by atoms with Gasteiger partial charge in [-0.15, -0.1) is 22.7 Å². The Kier molecular flexibility index (Phi) is 3.16. The summed E-state index contributed by atoms with van der Waals surface area (Å²) < 4.78 is 2.00. The summed E-state index contributed by atoms with van der Waals surface area (Å²) in [5, 5.41) is 4.11. The highest BCUT2D eigenvalue weighted by molar-refractivity contribution is 7.12. The molecule has 0 aromatic carbocycles. The van der Waals surface area contributed by atoms with Gasteiger partial charge in [-0.25, -0.2) is 0 Å². The van der Waals surface area contributed by atoms with Gasteiger partial charge in [-0.1, -0.05) is 0 Å². The van der Waals surface area contributed by atoms with Crippen LogP contribution >= 0.6 is 22.7 Å². The lowest BCUT2D eigenvalue weighted by Gasteiger charge is -2.27. The molecule has 21 heavy (non-hydrogen) atoms. The number of hydrogen-bond acceptors (Lipinski definition) is 3. The second-order valence-electron chi connectivity index (χ2n) is 5.07. The van der Waals surface area contributed by atoms with E-state index in [-0.39, 0.29) is 5.91 Å². The maximum atomic E-state index is 12.8. The maximum absolute atomic E-state index is 12.8. The van der Waals surface area contributed by atoms with Gasteiger partial charge < -0.3 is 9.47 Å². The van der Waals surface area contributed by atoms with E-state index in [0.717, 1.165) is 30.1 Å². The summed E-state index contributed by atoms with van der Waals surface area (Å²) in [6.45, 7) is 1.55. The molecule has 3 aromatic rings. The van der Waals surface area contributed by atoms with Crippen molar-refractivity contribution in [2.24, 2.45) is 0 Å². The number of thiophene rings is 2. The van der Waals surface area contributed by atoms with E-state index in [1.165, 1.54) is 21.8 Å². The normalized spacial score (nSPS) is 14.2. The molecule has 1 amide bonds. The lowest BCUT2D eigenvalue weighted by Crippen LogP contribution is -2.35. The summed E-state index contributed by atoms with van der Waals surface area (Å²) in [7, 11) is 0. The molecular formula is C16H14N2OS2.